The first-order chi connectivity index (χ1) is 12.1. The lowest BCUT2D eigenvalue weighted by atomic mass is 10.1. The quantitative estimate of drug-likeness (QED) is 0.550. The first kappa shape index (κ1) is 16.4. The standard InChI is InChI=1S/C18H16N4O3/c1-12(13-5-3-2-4-6-13)20-18(23)16-11-19-21-17(16)14-7-9-15(10-8-14)22(24)25/h2-12H,1H3,(H,19,21)(H,20,23). The van der Waals surface area contributed by atoms with Gasteiger partial charge in [-0.25, -0.2) is 0 Å². The summed E-state index contributed by atoms with van der Waals surface area (Å²) in [5, 5.41) is 20.4. The summed E-state index contributed by atoms with van der Waals surface area (Å²) in [6.45, 7) is 1.90. The van der Waals surface area contributed by atoms with E-state index in [0.717, 1.165) is 5.56 Å². The molecular weight excluding hydrogens is 320 g/mol. The van der Waals surface area contributed by atoms with Gasteiger partial charge in [0.2, 0.25) is 0 Å². The van der Waals surface area contributed by atoms with Crippen LogP contribution >= 0.6 is 0 Å². The fraction of sp³-hybridized carbons (Fsp3) is 0.111. The Morgan fingerprint density at radius 1 is 1.16 bits per heavy atom. The van der Waals surface area contributed by atoms with E-state index in [1.807, 2.05) is 37.3 Å². The van der Waals surface area contributed by atoms with Crippen molar-refractivity contribution in [2.45, 2.75) is 13.0 Å². The molecule has 0 aliphatic heterocycles. The van der Waals surface area contributed by atoms with E-state index in [1.54, 1.807) is 12.1 Å². The number of amides is 1. The van der Waals surface area contributed by atoms with Crippen LogP contribution in [0.25, 0.3) is 11.3 Å². The van der Waals surface area contributed by atoms with Crippen LogP contribution < -0.4 is 5.32 Å². The summed E-state index contributed by atoms with van der Waals surface area (Å²) in [5.41, 5.74) is 2.55. The van der Waals surface area contributed by atoms with Crippen molar-refractivity contribution in [3.05, 3.63) is 82.0 Å². The van der Waals surface area contributed by atoms with Gasteiger partial charge in [-0.15, -0.1) is 0 Å². The molecule has 0 spiro atoms. The molecule has 0 saturated carbocycles. The van der Waals surface area contributed by atoms with Gasteiger partial charge in [-0.05, 0) is 24.6 Å². The molecule has 1 unspecified atom stereocenters. The number of aromatic nitrogens is 2. The highest BCUT2D eigenvalue weighted by molar-refractivity contribution is 5.99. The zero-order valence-electron chi connectivity index (χ0n) is 13.5. The maximum Gasteiger partial charge on any atom is 0.269 e. The molecular formula is C18H16N4O3. The highest BCUT2D eigenvalue weighted by Gasteiger charge is 2.18. The van der Waals surface area contributed by atoms with Gasteiger partial charge >= 0.3 is 0 Å². The highest BCUT2D eigenvalue weighted by Crippen LogP contribution is 2.24. The number of hydrogen-bond donors (Lipinski definition) is 2. The monoisotopic (exact) mass is 336 g/mol. The molecule has 3 aromatic rings. The van der Waals surface area contributed by atoms with Crippen molar-refractivity contribution < 1.29 is 9.72 Å². The van der Waals surface area contributed by atoms with E-state index in [2.05, 4.69) is 15.5 Å². The van der Waals surface area contributed by atoms with Gasteiger partial charge in [-0.1, -0.05) is 30.3 Å². The Labute approximate surface area is 143 Å². The number of carbonyl (C=O) groups is 1. The van der Waals surface area contributed by atoms with Crippen LogP contribution in [0.5, 0.6) is 0 Å². The number of non-ortho nitro benzene ring substituents is 1. The number of nitro groups is 1. The van der Waals surface area contributed by atoms with Crippen molar-refractivity contribution in [1.29, 1.82) is 0 Å². The first-order valence-corrected chi connectivity index (χ1v) is 7.70. The Kier molecular flexibility index (Phi) is 4.56. The molecule has 126 valence electrons. The van der Waals surface area contributed by atoms with Gasteiger partial charge in [0.15, 0.2) is 0 Å². The number of H-pyrrole nitrogens is 1. The second-order valence-corrected chi connectivity index (χ2v) is 5.57. The summed E-state index contributed by atoms with van der Waals surface area (Å²) < 4.78 is 0. The first-order valence-electron chi connectivity index (χ1n) is 7.70. The van der Waals surface area contributed by atoms with Crippen LogP contribution in [-0.2, 0) is 0 Å². The van der Waals surface area contributed by atoms with Crippen molar-refractivity contribution in [3.63, 3.8) is 0 Å². The molecule has 0 saturated heterocycles. The molecule has 7 heteroatoms. The topological polar surface area (TPSA) is 101 Å². The Bertz CT molecular complexity index is 888. The summed E-state index contributed by atoms with van der Waals surface area (Å²) in [6.07, 6.45) is 1.45. The van der Waals surface area contributed by atoms with E-state index in [0.29, 0.717) is 16.8 Å². The molecule has 1 atom stereocenters. The van der Waals surface area contributed by atoms with Gasteiger partial charge in [0.05, 0.1) is 28.4 Å². The summed E-state index contributed by atoms with van der Waals surface area (Å²) >= 11 is 0. The zero-order valence-corrected chi connectivity index (χ0v) is 13.5. The molecule has 1 aromatic heterocycles. The minimum Gasteiger partial charge on any atom is -0.345 e. The molecule has 0 bridgehead atoms. The van der Waals surface area contributed by atoms with E-state index in [-0.39, 0.29) is 17.6 Å². The smallest absolute Gasteiger partial charge is 0.269 e. The number of aromatic amines is 1. The molecule has 7 nitrogen and oxygen atoms in total. The van der Waals surface area contributed by atoms with Crippen LogP contribution in [-0.4, -0.2) is 21.0 Å². The Morgan fingerprint density at radius 3 is 2.48 bits per heavy atom. The van der Waals surface area contributed by atoms with Crippen LogP contribution in [0.1, 0.15) is 28.9 Å². The second kappa shape index (κ2) is 6.96. The van der Waals surface area contributed by atoms with Crippen LogP contribution in [0.2, 0.25) is 0 Å². The van der Waals surface area contributed by atoms with Crippen LogP contribution in [0.15, 0.2) is 60.8 Å². The van der Waals surface area contributed by atoms with Crippen molar-refractivity contribution in [2.24, 2.45) is 0 Å². The fourth-order valence-electron chi connectivity index (χ4n) is 2.53. The van der Waals surface area contributed by atoms with Crippen LogP contribution in [0, 0.1) is 10.1 Å². The SMILES string of the molecule is CC(NC(=O)c1cn[nH]c1-c1ccc([N+](=O)[O-])cc1)c1ccccc1. The van der Waals surface area contributed by atoms with Gasteiger partial charge in [0, 0.05) is 17.7 Å². The van der Waals surface area contributed by atoms with Gasteiger partial charge in [-0.3, -0.25) is 20.0 Å². The van der Waals surface area contributed by atoms with Crippen molar-refractivity contribution >= 4 is 11.6 Å². The van der Waals surface area contributed by atoms with Gasteiger partial charge in [-0.2, -0.15) is 5.10 Å². The highest BCUT2D eigenvalue weighted by atomic mass is 16.6. The number of rotatable bonds is 5. The van der Waals surface area contributed by atoms with E-state index in [4.69, 9.17) is 0 Å². The predicted octanol–water partition coefficient (Wildman–Crippen LogP) is 3.48. The average molecular weight is 336 g/mol. The van der Waals surface area contributed by atoms with Crippen molar-refractivity contribution in [2.75, 3.05) is 0 Å². The largest absolute Gasteiger partial charge is 0.345 e. The Balaban J connectivity index is 1.81. The van der Waals surface area contributed by atoms with Crippen molar-refractivity contribution in [1.82, 2.24) is 15.5 Å². The molecule has 0 radical (unpaired) electrons. The van der Waals surface area contributed by atoms with E-state index in [1.165, 1.54) is 18.3 Å². The van der Waals surface area contributed by atoms with Crippen molar-refractivity contribution in [3.8, 4) is 11.3 Å². The third kappa shape index (κ3) is 3.55. The molecule has 1 heterocycles. The molecule has 1 amide bonds. The number of nitrogens with zero attached hydrogens (tertiary/aromatic N) is 2. The van der Waals surface area contributed by atoms with E-state index >= 15 is 0 Å². The normalized spacial score (nSPS) is 11.7. The lowest BCUT2D eigenvalue weighted by Crippen LogP contribution is -2.26. The summed E-state index contributed by atoms with van der Waals surface area (Å²) in [7, 11) is 0. The molecule has 0 aliphatic rings. The number of benzene rings is 2. The van der Waals surface area contributed by atoms with E-state index in [9.17, 15) is 14.9 Å². The molecule has 25 heavy (non-hydrogen) atoms. The van der Waals surface area contributed by atoms with E-state index < -0.39 is 4.92 Å². The third-order valence-electron chi connectivity index (χ3n) is 3.90. The third-order valence-corrected chi connectivity index (χ3v) is 3.90. The molecule has 0 fully saturated rings. The lowest BCUT2D eigenvalue weighted by Gasteiger charge is -2.14. The molecule has 2 N–H and O–H groups in total. The Hall–Kier alpha value is -3.48. The molecule has 2 aromatic carbocycles. The van der Waals surface area contributed by atoms with Gasteiger partial charge in [0.25, 0.3) is 11.6 Å². The lowest BCUT2D eigenvalue weighted by molar-refractivity contribution is -0.384. The zero-order chi connectivity index (χ0) is 17.8. The number of nitro benzene ring substituents is 1. The van der Waals surface area contributed by atoms with Crippen LogP contribution in [0.4, 0.5) is 5.69 Å². The number of hydrogen-bond acceptors (Lipinski definition) is 4. The number of carbonyl (C=O) groups excluding carboxylic acids is 1. The predicted molar refractivity (Wildman–Crippen MR) is 93.0 cm³/mol. The molecule has 0 aliphatic carbocycles. The fourth-order valence-corrected chi connectivity index (χ4v) is 2.53. The molecule has 3 rings (SSSR count). The maximum atomic E-state index is 12.6. The van der Waals surface area contributed by atoms with Gasteiger partial charge < -0.3 is 5.32 Å². The number of nitrogens with one attached hydrogen (secondary N) is 2. The average Bonchev–Trinajstić information content (AvgIpc) is 3.12. The summed E-state index contributed by atoms with van der Waals surface area (Å²) in [6, 6.07) is 15.4. The van der Waals surface area contributed by atoms with Gasteiger partial charge in [0.1, 0.15) is 0 Å². The van der Waals surface area contributed by atoms with Crippen LogP contribution in [0.3, 0.4) is 0 Å². The maximum absolute atomic E-state index is 12.6. The second-order valence-electron chi connectivity index (χ2n) is 5.57. The minimum atomic E-state index is -0.466. The summed E-state index contributed by atoms with van der Waals surface area (Å²) in [4.78, 5) is 22.9. The Morgan fingerprint density at radius 2 is 1.84 bits per heavy atom. The summed E-state index contributed by atoms with van der Waals surface area (Å²) in [5.74, 6) is -0.265. The minimum absolute atomic E-state index is 0.00744.